The summed E-state index contributed by atoms with van der Waals surface area (Å²) in [6, 6.07) is 3.73. The summed E-state index contributed by atoms with van der Waals surface area (Å²) in [5.41, 5.74) is 0. The molecule has 0 bridgehead atoms. The van der Waals surface area contributed by atoms with Gasteiger partial charge in [0.2, 0.25) is 21.8 Å². The van der Waals surface area contributed by atoms with E-state index >= 15 is 0 Å². The monoisotopic (exact) mass is 483 g/mol. The highest BCUT2D eigenvalue weighted by molar-refractivity contribution is 7.89. The molecular weight excluding hydrogens is 449 g/mol. The van der Waals surface area contributed by atoms with Crippen LogP contribution in [0.25, 0.3) is 0 Å². The average Bonchev–Trinajstić information content (AvgIpc) is 3.46. The Morgan fingerprint density at radius 2 is 1.79 bits per heavy atom. The van der Waals surface area contributed by atoms with Crippen molar-refractivity contribution in [2.75, 3.05) is 19.7 Å². The van der Waals surface area contributed by atoms with Gasteiger partial charge in [0.15, 0.2) is 0 Å². The Labute approximate surface area is 195 Å². The van der Waals surface area contributed by atoms with Crippen LogP contribution in [-0.4, -0.2) is 63.0 Å². The Hall–Kier alpha value is -2.04. The van der Waals surface area contributed by atoms with E-state index in [-0.39, 0.29) is 35.4 Å². The number of halogens is 1. The quantitative estimate of drug-likeness (QED) is 0.531. The van der Waals surface area contributed by atoms with Crippen LogP contribution in [0.2, 0.25) is 0 Å². The molecular formula is C23H34FN3O5S. The first-order chi connectivity index (χ1) is 15.7. The van der Waals surface area contributed by atoms with Gasteiger partial charge in [-0.05, 0) is 55.9 Å². The molecule has 1 aromatic carbocycles. The topological polar surface area (TPSA) is 105 Å². The van der Waals surface area contributed by atoms with Crippen molar-refractivity contribution in [2.45, 2.75) is 75.5 Å². The third kappa shape index (κ3) is 6.97. The van der Waals surface area contributed by atoms with Crippen LogP contribution >= 0.6 is 0 Å². The summed E-state index contributed by atoms with van der Waals surface area (Å²) >= 11 is 0. The molecule has 8 nitrogen and oxygen atoms in total. The van der Waals surface area contributed by atoms with Crippen LogP contribution < -0.4 is 10.0 Å². The third-order valence-electron chi connectivity index (χ3n) is 6.22. The van der Waals surface area contributed by atoms with E-state index in [0.29, 0.717) is 6.61 Å². The highest BCUT2D eigenvalue weighted by Crippen LogP contribution is 2.21. The average molecular weight is 484 g/mol. The Bertz CT molecular complexity index is 911. The maximum Gasteiger partial charge on any atom is 0.243 e. The number of sulfonamides is 1. The minimum absolute atomic E-state index is 0.107. The van der Waals surface area contributed by atoms with Gasteiger partial charge in [0.25, 0.3) is 0 Å². The van der Waals surface area contributed by atoms with E-state index in [2.05, 4.69) is 10.0 Å². The Kier molecular flexibility index (Phi) is 8.83. The number of nitrogens with zero attached hydrogens (tertiary/aromatic N) is 1. The summed E-state index contributed by atoms with van der Waals surface area (Å²) in [6.45, 7) is 4.06. The van der Waals surface area contributed by atoms with Gasteiger partial charge in [-0.2, -0.15) is 0 Å². The SMILES string of the molecule is CC(C)[C@H](C(=O)NC1CCCC1)N(C[C@H]1CCCO1)C(=O)CNS(=O)(=O)c1ccc(F)cc1. The number of benzene rings is 1. The normalized spacial score (nSPS) is 20.2. The Balaban J connectivity index is 1.74. The molecule has 2 fully saturated rings. The van der Waals surface area contributed by atoms with Crippen LogP contribution in [-0.2, 0) is 24.3 Å². The van der Waals surface area contributed by atoms with Crippen molar-refractivity contribution in [3.8, 4) is 0 Å². The second kappa shape index (κ2) is 11.4. The number of rotatable bonds is 10. The zero-order chi connectivity index (χ0) is 24.0. The van der Waals surface area contributed by atoms with Crippen molar-refractivity contribution in [2.24, 2.45) is 5.92 Å². The van der Waals surface area contributed by atoms with Crippen molar-refractivity contribution in [3.05, 3.63) is 30.1 Å². The maximum absolute atomic E-state index is 13.3. The molecule has 33 heavy (non-hydrogen) atoms. The first kappa shape index (κ1) is 25.6. The lowest BCUT2D eigenvalue weighted by Crippen LogP contribution is -2.57. The van der Waals surface area contributed by atoms with Crippen LogP contribution in [0.5, 0.6) is 0 Å². The summed E-state index contributed by atoms with van der Waals surface area (Å²) < 4.78 is 46.3. The van der Waals surface area contributed by atoms with Crippen molar-refractivity contribution < 1.29 is 27.1 Å². The van der Waals surface area contributed by atoms with Crippen LogP contribution in [0.3, 0.4) is 0 Å². The van der Waals surface area contributed by atoms with E-state index in [4.69, 9.17) is 4.74 Å². The lowest BCUT2D eigenvalue weighted by atomic mass is 9.99. The molecule has 0 spiro atoms. The van der Waals surface area contributed by atoms with Gasteiger partial charge in [0.1, 0.15) is 11.9 Å². The summed E-state index contributed by atoms with van der Waals surface area (Å²) in [4.78, 5) is 27.8. The van der Waals surface area contributed by atoms with E-state index in [1.165, 1.54) is 4.90 Å². The second-order valence-electron chi connectivity index (χ2n) is 9.14. The largest absolute Gasteiger partial charge is 0.376 e. The molecule has 1 heterocycles. The lowest BCUT2D eigenvalue weighted by molar-refractivity contribution is -0.143. The van der Waals surface area contributed by atoms with Gasteiger partial charge in [-0.3, -0.25) is 9.59 Å². The van der Waals surface area contributed by atoms with Crippen molar-refractivity contribution in [3.63, 3.8) is 0 Å². The van der Waals surface area contributed by atoms with Crippen LogP contribution in [0.15, 0.2) is 29.2 Å². The summed E-state index contributed by atoms with van der Waals surface area (Å²) in [5.74, 6) is -1.45. The van der Waals surface area contributed by atoms with Crippen LogP contribution in [0.1, 0.15) is 52.4 Å². The fourth-order valence-electron chi connectivity index (χ4n) is 4.49. The summed E-state index contributed by atoms with van der Waals surface area (Å²) in [6.07, 6.45) is 5.46. The smallest absolute Gasteiger partial charge is 0.243 e. The van der Waals surface area contributed by atoms with E-state index < -0.39 is 34.3 Å². The van der Waals surface area contributed by atoms with E-state index in [0.717, 1.165) is 62.8 Å². The molecule has 2 amide bonds. The molecule has 0 radical (unpaired) electrons. The number of carbonyl (C=O) groups is 2. The van der Waals surface area contributed by atoms with E-state index in [1.807, 2.05) is 13.8 Å². The molecule has 0 unspecified atom stereocenters. The zero-order valence-corrected chi connectivity index (χ0v) is 20.1. The highest BCUT2D eigenvalue weighted by Gasteiger charge is 2.36. The van der Waals surface area contributed by atoms with Crippen molar-refractivity contribution in [1.29, 1.82) is 0 Å². The van der Waals surface area contributed by atoms with Crippen molar-refractivity contribution in [1.82, 2.24) is 14.9 Å². The second-order valence-corrected chi connectivity index (χ2v) is 10.9. The van der Waals surface area contributed by atoms with E-state index in [9.17, 15) is 22.4 Å². The molecule has 2 aliphatic rings. The van der Waals surface area contributed by atoms with Gasteiger partial charge in [0, 0.05) is 19.2 Å². The fourth-order valence-corrected chi connectivity index (χ4v) is 5.47. The molecule has 1 aromatic rings. The Morgan fingerprint density at radius 3 is 2.36 bits per heavy atom. The lowest BCUT2D eigenvalue weighted by Gasteiger charge is -2.35. The van der Waals surface area contributed by atoms with Crippen molar-refractivity contribution >= 4 is 21.8 Å². The molecule has 184 valence electrons. The van der Waals surface area contributed by atoms with Gasteiger partial charge in [-0.15, -0.1) is 0 Å². The predicted octanol–water partition coefficient (Wildman–Crippen LogP) is 2.20. The number of hydrogen-bond acceptors (Lipinski definition) is 5. The van der Waals surface area contributed by atoms with Gasteiger partial charge < -0.3 is 15.0 Å². The van der Waals surface area contributed by atoms with Crippen LogP contribution in [0.4, 0.5) is 4.39 Å². The van der Waals surface area contributed by atoms with Gasteiger partial charge in [-0.25, -0.2) is 17.5 Å². The molecule has 2 atom stereocenters. The molecule has 2 N–H and O–H groups in total. The predicted molar refractivity (Wildman–Crippen MR) is 121 cm³/mol. The fraction of sp³-hybridized carbons (Fsp3) is 0.652. The molecule has 10 heteroatoms. The molecule has 1 saturated heterocycles. The minimum Gasteiger partial charge on any atom is -0.376 e. The highest BCUT2D eigenvalue weighted by atomic mass is 32.2. The molecule has 3 rings (SSSR count). The number of nitrogens with one attached hydrogen (secondary N) is 2. The van der Waals surface area contributed by atoms with Gasteiger partial charge in [0.05, 0.1) is 17.5 Å². The zero-order valence-electron chi connectivity index (χ0n) is 19.3. The van der Waals surface area contributed by atoms with Gasteiger partial charge >= 0.3 is 0 Å². The Morgan fingerprint density at radius 1 is 1.12 bits per heavy atom. The molecule has 1 saturated carbocycles. The first-order valence-corrected chi connectivity index (χ1v) is 13.1. The van der Waals surface area contributed by atoms with Crippen LogP contribution in [0, 0.1) is 11.7 Å². The third-order valence-corrected chi connectivity index (χ3v) is 7.64. The standard InChI is InChI=1S/C23H34FN3O5S/c1-16(2)22(23(29)26-18-6-3-4-7-18)27(15-19-8-5-13-32-19)21(28)14-25-33(30,31)20-11-9-17(24)10-12-20/h9-12,16,18-19,22,25H,3-8,13-15H2,1-2H3,(H,26,29)/t19-,22-/m1/s1. The summed E-state index contributed by atoms with van der Waals surface area (Å²) in [7, 11) is -4.01. The number of ether oxygens (including phenoxy) is 1. The number of hydrogen-bond donors (Lipinski definition) is 2. The molecule has 1 aliphatic carbocycles. The van der Waals surface area contributed by atoms with E-state index in [1.54, 1.807) is 0 Å². The number of amides is 2. The molecule has 0 aromatic heterocycles. The minimum atomic E-state index is -4.01. The molecule has 1 aliphatic heterocycles. The number of carbonyl (C=O) groups excluding carboxylic acids is 2. The maximum atomic E-state index is 13.3. The first-order valence-electron chi connectivity index (χ1n) is 11.6. The van der Waals surface area contributed by atoms with Gasteiger partial charge in [-0.1, -0.05) is 26.7 Å². The summed E-state index contributed by atoms with van der Waals surface area (Å²) in [5, 5.41) is 3.08.